The van der Waals surface area contributed by atoms with Gasteiger partial charge in [-0.2, -0.15) is 5.10 Å². The number of benzene rings is 1. The molecule has 0 spiro atoms. The van der Waals surface area contributed by atoms with Crippen LogP contribution < -0.4 is 11.5 Å². The largest absolute Gasteiger partial charge is 0.481 e. The van der Waals surface area contributed by atoms with Crippen LogP contribution in [0.15, 0.2) is 42.2 Å². The van der Waals surface area contributed by atoms with Crippen molar-refractivity contribution in [3.8, 4) is 11.4 Å². The number of hydrogen-bond acceptors (Lipinski definition) is 7. The second kappa shape index (κ2) is 13.5. The average molecular weight is 758 g/mol. The van der Waals surface area contributed by atoms with Gasteiger partial charge in [0, 0.05) is 28.5 Å². The number of allylic oxidation sites excluding steroid dienone is 1. The first-order chi connectivity index (χ1) is 25.6. The van der Waals surface area contributed by atoms with Crippen LogP contribution in [0.2, 0.25) is 0 Å². The number of aliphatic carboxylic acids is 1. The number of nitrogens with zero attached hydrogens (tertiary/aromatic N) is 3. The number of aromatic nitrogens is 3. The quantitative estimate of drug-likeness (QED) is 0.216. The van der Waals surface area contributed by atoms with E-state index in [1.54, 1.807) is 6.33 Å². The molecular formula is C46H71N5O4. The summed E-state index contributed by atoms with van der Waals surface area (Å²) < 4.78 is 16.2. The van der Waals surface area contributed by atoms with E-state index >= 15 is 0 Å². The molecule has 0 radical (unpaired) electrons. The molecule has 304 valence electrons. The summed E-state index contributed by atoms with van der Waals surface area (Å²) in [6, 6.07) is 8.22. The Morgan fingerprint density at radius 3 is 2.35 bits per heavy atom. The van der Waals surface area contributed by atoms with E-state index in [-0.39, 0.29) is 50.6 Å². The fourth-order valence-electron chi connectivity index (χ4n) is 13.1. The maximum atomic E-state index is 13.6. The van der Waals surface area contributed by atoms with Gasteiger partial charge in [-0.05, 0) is 96.3 Å². The Morgan fingerprint density at radius 2 is 1.73 bits per heavy atom. The van der Waals surface area contributed by atoms with Crippen LogP contribution in [0.25, 0.3) is 11.4 Å². The van der Waals surface area contributed by atoms with Crippen LogP contribution in [0.1, 0.15) is 126 Å². The van der Waals surface area contributed by atoms with Crippen molar-refractivity contribution < 1.29 is 19.4 Å². The third kappa shape index (κ3) is 5.86. The summed E-state index contributed by atoms with van der Waals surface area (Å²) in [5, 5.41) is 16.2. The molecule has 3 saturated carbocycles. The lowest BCUT2D eigenvalue weighted by atomic mass is 9.34. The van der Waals surface area contributed by atoms with Crippen LogP contribution in [0.5, 0.6) is 0 Å². The number of nitrogens with two attached hydrogens (primary N) is 2. The Hall–Kier alpha value is -2.59. The van der Waals surface area contributed by atoms with E-state index in [9.17, 15) is 9.90 Å². The number of carboxylic acids is 1. The van der Waals surface area contributed by atoms with Gasteiger partial charge in [0.25, 0.3) is 0 Å². The molecule has 5 aliphatic rings. The van der Waals surface area contributed by atoms with Gasteiger partial charge in [-0.25, -0.2) is 9.67 Å². The summed E-state index contributed by atoms with van der Waals surface area (Å²) in [4.78, 5) is 18.5. The van der Waals surface area contributed by atoms with Crippen LogP contribution in [-0.4, -0.2) is 57.3 Å². The molecule has 1 unspecified atom stereocenters. The summed E-state index contributed by atoms with van der Waals surface area (Å²) in [5.41, 5.74) is 14.5. The molecule has 1 aromatic carbocycles. The Labute approximate surface area is 330 Å². The van der Waals surface area contributed by atoms with Crippen molar-refractivity contribution in [2.75, 3.05) is 19.8 Å². The van der Waals surface area contributed by atoms with Crippen molar-refractivity contribution >= 4 is 5.97 Å². The van der Waals surface area contributed by atoms with E-state index in [1.807, 2.05) is 0 Å². The molecule has 1 saturated heterocycles. The molecule has 9 nitrogen and oxygen atoms in total. The van der Waals surface area contributed by atoms with Crippen LogP contribution in [-0.2, 0) is 20.8 Å². The molecule has 12 atom stereocenters. The number of carbonyl (C=O) groups is 1. The lowest BCUT2D eigenvalue weighted by Gasteiger charge is -2.71. The Kier molecular flexibility index (Phi) is 9.96. The summed E-state index contributed by atoms with van der Waals surface area (Å²) in [7, 11) is 0. The maximum absolute atomic E-state index is 13.6. The Bertz CT molecular complexity index is 1800. The molecule has 2 aromatic rings. The minimum atomic E-state index is -0.626. The summed E-state index contributed by atoms with van der Waals surface area (Å²) in [6.45, 7) is 27.1. The number of rotatable bonds is 9. The highest BCUT2D eigenvalue weighted by atomic mass is 16.5. The predicted octanol–water partition coefficient (Wildman–Crippen LogP) is 8.68. The molecule has 5 N–H and O–H groups in total. The van der Waals surface area contributed by atoms with Crippen molar-refractivity contribution in [1.82, 2.24) is 14.8 Å². The Balaban J connectivity index is 1.35. The number of ether oxygens (including phenoxy) is 2. The summed E-state index contributed by atoms with van der Waals surface area (Å²) in [6.07, 6.45) is 9.64. The first-order valence-corrected chi connectivity index (χ1v) is 21.2. The zero-order valence-electron chi connectivity index (χ0n) is 35.7. The molecule has 55 heavy (non-hydrogen) atoms. The summed E-state index contributed by atoms with van der Waals surface area (Å²) >= 11 is 0. The zero-order chi connectivity index (χ0) is 40.1. The molecule has 9 heteroatoms. The van der Waals surface area contributed by atoms with Gasteiger partial charge >= 0.3 is 5.97 Å². The SMILES string of the molecule is CC(C)[C@@H](C)[C@@]1(C)CC[C@]2(C)[C@H]3CC[C@@H]4[C@@]5(COC[C@]4(C)[C@@H](OC[C@](C)(N)C(C)(C)C)C(n4ncnc4-c4ccc(CN)cc4)C5)C3=CC[C@@]2(C)[C@@H]1C(=O)O. The highest BCUT2D eigenvalue weighted by Gasteiger charge is 2.72. The minimum absolute atomic E-state index is 0.123. The third-order valence-electron chi connectivity index (χ3n) is 17.7. The molecule has 4 fully saturated rings. The molecule has 2 heterocycles. The number of carboxylic acid groups (broad SMARTS) is 1. The molecule has 0 amide bonds. The maximum Gasteiger partial charge on any atom is 0.307 e. The van der Waals surface area contributed by atoms with Crippen LogP contribution in [0.3, 0.4) is 0 Å². The molecular weight excluding hydrogens is 687 g/mol. The highest BCUT2D eigenvalue weighted by molar-refractivity contribution is 5.73. The van der Waals surface area contributed by atoms with E-state index in [4.69, 9.17) is 31.0 Å². The van der Waals surface area contributed by atoms with Crippen molar-refractivity contribution in [3.05, 3.63) is 47.8 Å². The van der Waals surface area contributed by atoms with E-state index in [2.05, 4.69) is 111 Å². The second-order valence-corrected chi connectivity index (χ2v) is 21.4. The Morgan fingerprint density at radius 1 is 1.04 bits per heavy atom. The van der Waals surface area contributed by atoms with E-state index in [1.165, 1.54) is 5.57 Å². The van der Waals surface area contributed by atoms with Gasteiger partial charge in [0.1, 0.15) is 6.33 Å². The lowest BCUT2D eigenvalue weighted by molar-refractivity contribution is -0.253. The fourth-order valence-corrected chi connectivity index (χ4v) is 13.1. The van der Waals surface area contributed by atoms with E-state index in [0.29, 0.717) is 44.1 Å². The molecule has 4 aliphatic carbocycles. The van der Waals surface area contributed by atoms with Crippen molar-refractivity contribution in [2.45, 2.75) is 139 Å². The molecule has 1 aromatic heterocycles. The number of fused-ring (bicyclic) bond motifs is 3. The van der Waals surface area contributed by atoms with Crippen molar-refractivity contribution in [2.24, 2.45) is 73.5 Å². The molecule has 2 bridgehead atoms. The monoisotopic (exact) mass is 758 g/mol. The standard InChI is InChI=1S/C46H71N5O4/c1-28(2)29(3)41(7)20-21-43(9)32-16-17-35-42(8)24-54-26-46(35,33(32)18-19-44(43,10)36(41)39(52)53)22-34(37(42)55-25-45(11,48)40(4,5)6)51-38(49-27-50-51)31-14-12-30(23-47)13-15-31/h12-15,18,27-29,32,34-37H,16-17,19-26,47-48H2,1-11H3,(H,52,53)/t29-,32+,34?,35+,36-,37+,41-,42+,43-,44+,45+,46+/m1/s1. The predicted molar refractivity (Wildman–Crippen MR) is 218 cm³/mol. The van der Waals surface area contributed by atoms with Crippen LogP contribution in [0, 0.1) is 62.1 Å². The van der Waals surface area contributed by atoms with E-state index < -0.39 is 17.4 Å². The topological polar surface area (TPSA) is 139 Å². The third-order valence-corrected chi connectivity index (χ3v) is 17.7. The molecule has 7 rings (SSSR count). The zero-order valence-corrected chi connectivity index (χ0v) is 35.7. The first-order valence-electron chi connectivity index (χ1n) is 21.2. The summed E-state index contributed by atoms with van der Waals surface area (Å²) in [5.74, 6) is 1.10. The van der Waals surface area contributed by atoms with Gasteiger partial charge in [0.15, 0.2) is 5.82 Å². The lowest BCUT2D eigenvalue weighted by Crippen LogP contribution is -2.69. The number of hydrogen-bond donors (Lipinski definition) is 3. The van der Waals surface area contributed by atoms with Gasteiger partial charge in [-0.15, -0.1) is 0 Å². The average Bonchev–Trinajstić information content (AvgIpc) is 3.60. The van der Waals surface area contributed by atoms with Gasteiger partial charge in [0.05, 0.1) is 37.9 Å². The fraction of sp³-hybridized carbons (Fsp3) is 0.761. The van der Waals surface area contributed by atoms with Gasteiger partial charge in [-0.3, -0.25) is 4.79 Å². The van der Waals surface area contributed by atoms with Crippen molar-refractivity contribution in [1.29, 1.82) is 0 Å². The normalized spacial score (nSPS) is 40.3. The van der Waals surface area contributed by atoms with Crippen molar-refractivity contribution in [3.63, 3.8) is 0 Å². The smallest absolute Gasteiger partial charge is 0.307 e. The molecule has 1 aliphatic heterocycles. The van der Waals surface area contributed by atoms with Gasteiger partial charge in [0.2, 0.25) is 0 Å². The van der Waals surface area contributed by atoms with Crippen LogP contribution in [0.4, 0.5) is 0 Å². The first kappa shape index (κ1) is 40.6. The minimum Gasteiger partial charge on any atom is -0.481 e. The van der Waals surface area contributed by atoms with E-state index in [0.717, 1.165) is 55.5 Å². The highest BCUT2D eigenvalue weighted by Crippen LogP contribution is 2.75. The van der Waals surface area contributed by atoms with Gasteiger partial charge in [-0.1, -0.05) is 105 Å². The van der Waals surface area contributed by atoms with Gasteiger partial charge < -0.3 is 26.0 Å². The second-order valence-electron chi connectivity index (χ2n) is 21.4. The van der Waals surface area contributed by atoms with Crippen LogP contribution >= 0.6 is 0 Å².